The molecule has 2 N–H and O–H groups in total. The van der Waals surface area contributed by atoms with Crippen LogP contribution in [0, 0.1) is 6.07 Å². The van der Waals surface area contributed by atoms with Gasteiger partial charge in [0.2, 0.25) is 0 Å². The van der Waals surface area contributed by atoms with E-state index in [1.807, 2.05) is 77.5 Å². The maximum Gasteiger partial charge on any atom is 0.163 e. The van der Waals surface area contributed by atoms with Crippen LogP contribution in [0.5, 0.6) is 11.5 Å². The van der Waals surface area contributed by atoms with Crippen LogP contribution in [-0.4, -0.2) is 19.7 Å². The summed E-state index contributed by atoms with van der Waals surface area (Å²) in [6.07, 6.45) is 2.30. The van der Waals surface area contributed by atoms with Crippen molar-refractivity contribution in [2.75, 3.05) is 5.73 Å². The number of aromatic nitrogens is 4. The predicted octanol–water partition coefficient (Wildman–Crippen LogP) is 4.91. The van der Waals surface area contributed by atoms with Crippen LogP contribution in [0.4, 0.5) is 5.82 Å². The van der Waals surface area contributed by atoms with Gasteiger partial charge >= 0.3 is 0 Å². The Balaban J connectivity index is 1.46. The van der Waals surface area contributed by atoms with Crippen molar-refractivity contribution >= 4 is 16.9 Å². The lowest BCUT2D eigenvalue weighted by Crippen LogP contribution is -2.04. The van der Waals surface area contributed by atoms with E-state index in [0.717, 1.165) is 40.2 Å². The molecule has 31 heavy (non-hydrogen) atoms. The van der Waals surface area contributed by atoms with E-state index in [-0.39, 0.29) is 0 Å². The number of benzene rings is 3. The monoisotopic (exact) mass is 406 g/mol. The van der Waals surface area contributed by atoms with Gasteiger partial charge in [0, 0.05) is 12.1 Å². The maximum absolute atomic E-state index is 6.21. The van der Waals surface area contributed by atoms with Crippen molar-refractivity contribution in [1.29, 1.82) is 0 Å². The van der Waals surface area contributed by atoms with Crippen LogP contribution < -0.4 is 10.5 Å². The van der Waals surface area contributed by atoms with Gasteiger partial charge < -0.3 is 10.5 Å². The molecule has 0 aliphatic rings. The fourth-order valence-electron chi connectivity index (χ4n) is 3.51. The summed E-state index contributed by atoms with van der Waals surface area (Å²) in [6, 6.07) is 28.5. The molecule has 0 saturated carbocycles. The molecule has 1 radical (unpaired) electrons. The third-order valence-electron chi connectivity index (χ3n) is 5.05. The van der Waals surface area contributed by atoms with Gasteiger partial charge in [0.15, 0.2) is 5.65 Å². The van der Waals surface area contributed by atoms with Gasteiger partial charge in [0.1, 0.15) is 29.3 Å². The molecular formula is C25H20N5O. The number of anilines is 1. The van der Waals surface area contributed by atoms with E-state index >= 15 is 0 Å². The molecular weight excluding hydrogens is 386 g/mol. The van der Waals surface area contributed by atoms with Gasteiger partial charge in [-0.15, -0.1) is 0 Å². The van der Waals surface area contributed by atoms with Gasteiger partial charge in [0.25, 0.3) is 0 Å². The summed E-state index contributed by atoms with van der Waals surface area (Å²) in [4.78, 5) is 8.63. The minimum Gasteiger partial charge on any atom is -0.457 e. The Bertz CT molecular complexity index is 1300. The summed E-state index contributed by atoms with van der Waals surface area (Å²) in [6.45, 7) is 0.681. The molecule has 0 bridgehead atoms. The van der Waals surface area contributed by atoms with E-state index in [4.69, 9.17) is 15.6 Å². The highest BCUT2D eigenvalue weighted by Gasteiger charge is 2.17. The molecule has 6 heteroatoms. The number of hydrogen-bond donors (Lipinski definition) is 1. The number of nitrogen functional groups attached to an aromatic ring is 1. The average Bonchev–Trinajstić information content (AvgIpc) is 3.20. The quantitative estimate of drug-likeness (QED) is 0.433. The lowest BCUT2D eigenvalue weighted by molar-refractivity contribution is 0.483. The highest BCUT2D eigenvalue weighted by Crippen LogP contribution is 2.32. The van der Waals surface area contributed by atoms with E-state index in [1.165, 1.54) is 11.9 Å². The summed E-state index contributed by atoms with van der Waals surface area (Å²) < 4.78 is 7.79. The predicted molar refractivity (Wildman–Crippen MR) is 121 cm³/mol. The van der Waals surface area contributed by atoms with Crippen molar-refractivity contribution in [3.8, 4) is 22.8 Å². The van der Waals surface area contributed by atoms with E-state index < -0.39 is 0 Å². The molecule has 0 fully saturated rings. The van der Waals surface area contributed by atoms with Gasteiger partial charge in [-0.2, -0.15) is 5.10 Å². The fraction of sp³-hybridized carbons (Fsp3) is 0.0800. The van der Waals surface area contributed by atoms with Crippen molar-refractivity contribution < 1.29 is 4.74 Å². The number of rotatable bonds is 6. The third kappa shape index (κ3) is 3.96. The van der Waals surface area contributed by atoms with Crippen molar-refractivity contribution in [3.05, 3.63) is 96.8 Å². The Morgan fingerprint density at radius 3 is 2.48 bits per heavy atom. The van der Waals surface area contributed by atoms with Crippen molar-refractivity contribution in [2.45, 2.75) is 13.0 Å². The topological polar surface area (TPSA) is 78.8 Å². The maximum atomic E-state index is 6.21. The number of ether oxygens (including phenoxy) is 1. The normalized spacial score (nSPS) is 11.0. The summed E-state index contributed by atoms with van der Waals surface area (Å²) in [5, 5.41) is 5.60. The Morgan fingerprint density at radius 2 is 1.71 bits per heavy atom. The largest absolute Gasteiger partial charge is 0.457 e. The summed E-state index contributed by atoms with van der Waals surface area (Å²) in [7, 11) is 0. The van der Waals surface area contributed by atoms with Crippen LogP contribution in [0.3, 0.4) is 0 Å². The zero-order valence-electron chi connectivity index (χ0n) is 16.8. The SMILES string of the molecule is Nc1ncnc2c1c(-c1ccc(Oc3ccccc3)cc1)nn2CCc1c[c]ccc1. The molecule has 6 nitrogen and oxygen atoms in total. The van der Waals surface area contributed by atoms with Crippen molar-refractivity contribution in [3.63, 3.8) is 0 Å². The van der Waals surface area contributed by atoms with Gasteiger partial charge in [-0.05, 0) is 54.4 Å². The van der Waals surface area contributed by atoms with Crippen LogP contribution in [0.15, 0.2) is 85.2 Å². The minimum absolute atomic E-state index is 0.420. The van der Waals surface area contributed by atoms with Crippen LogP contribution in [0.1, 0.15) is 5.56 Å². The first-order chi connectivity index (χ1) is 15.3. The highest BCUT2D eigenvalue weighted by atomic mass is 16.5. The molecule has 0 spiro atoms. The Morgan fingerprint density at radius 1 is 0.903 bits per heavy atom. The number of nitrogens with two attached hydrogens (primary N) is 1. The Kier molecular flexibility index (Phi) is 5.02. The lowest BCUT2D eigenvalue weighted by atomic mass is 10.1. The fourth-order valence-corrected chi connectivity index (χ4v) is 3.51. The summed E-state index contributed by atoms with van der Waals surface area (Å²) in [5.74, 6) is 1.97. The smallest absolute Gasteiger partial charge is 0.163 e. The van der Waals surface area contributed by atoms with Gasteiger partial charge in [-0.3, -0.25) is 0 Å². The standard InChI is InChI=1S/C25H20N5O/c26-24-22-23(19-11-13-21(14-12-19)31-20-9-5-2-6-10-20)29-30(25(22)28-17-27-24)16-15-18-7-3-1-4-8-18/h1-3,5-14,17H,15-16H2,(H2,26,27,28). The zero-order valence-corrected chi connectivity index (χ0v) is 16.8. The molecule has 2 aromatic heterocycles. The van der Waals surface area contributed by atoms with Crippen LogP contribution in [-0.2, 0) is 13.0 Å². The first-order valence-corrected chi connectivity index (χ1v) is 10.0. The zero-order chi connectivity index (χ0) is 21.0. The number of fused-ring (bicyclic) bond motifs is 1. The van der Waals surface area contributed by atoms with E-state index in [2.05, 4.69) is 22.1 Å². The minimum atomic E-state index is 0.420. The molecule has 5 aromatic rings. The van der Waals surface area contributed by atoms with Crippen molar-refractivity contribution in [1.82, 2.24) is 19.7 Å². The van der Waals surface area contributed by atoms with Gasteiger partial charge in [-0.1, -0.05) is 42.5 Å². The molecule has 0 aliphatic heterocycles. The molecule has 151 valence electrons. The summed E-state index contributed by atoms with van der Waals surface area (Å²) in [5.41, 5.74) is 9.83. The van der Waals surface area contributed by atoms with Crippen molar-refractivity contribution in [2.24, 2.45) is 0 Å². The van der Waals surface area contributed by atoms with Crippen LogP contribution in [0.25, 0.3) is 22.3 Å². The van der Waals surface area contributed by atoms with E-state index in [1.54, 1.807) is 0 Å². The molecule has 0 aliphatic carbocycles. The first kappa shape index (κ1) is 18.8. The molecule has 0 saturated heterocycles. The molecule has 0 unspecified atom stereocenters. The Labute approximate surface area is 180 Å². The molecule has 0 amide bonds. The second kappa shape index (κ2) is 8.28. The number of hydrogen-bond acceptors (Lipinski definition) is 5. The number of para-hydroxylation sites is 1. The van der Waals surface area contributed by atoms with Crippen LogP contribution in [0.2, 0.25) is 0 Å². The average molecular weight is 406 g/mol. The highest BCUT2D eigenvalue weighted by molar-refractivity contribution is 5.98. The molecule has 3 aromatic carbocycles. The van der Waals surface area contributed by atoms with E-state index in [0.29, 0.717) is 12.4 Å². The number of nitrogens with zero attached hydrogens (tertiary/aromatic N) is 4. The lowest BCUT2D eigenvalue weighted by Gasteiger charge is -2.06. The Hall–Kier alpha value is -4.19. The van der Waals surface area contributed by atoms with Crippen LogP contribution >= 0.6 is 0 Å². The second-order valence-electron chi connectivity index (χ2n) is 7.13. The van der Waals surface area contributed by atoms with E-state index in [9.17, 15) is 0 Å². The first-order valence-electron chi connectivity index (χ1n) is 10.0. The molecule has 5 rings (SSSR count). The molecule has 2 heterocycles. The number of aryl methyl sites for hydroxylation is 2. The third-order valence-corrected chi connectivity index (χ3v) is 5.05. The van der Waals surface area contributed by atoms with Gasteiger partial charge in [-0.25, -0.2) is 14.6 Å². The summed E-state index contributed by atoms with van der Waals surface area (Å²) >= 11 is 0. The van der Waals surface area contributed by atoms with Gasteiger partial charge in [0.05, 0.1) is 5.39 Å². The second-order valence-corrected chi connectivity index (χ2v) is 7.13. The molecule has 0 atom stereocenters.